The number of hydrogen-bond donors (Lipinski definition) is 1. The standard InChI is InChI=1S/C8H15N3O2/c1-4-12-6(2)5-9-8-10-7(3)11-13-8/h6H,4-5H2,1-3H3,(H,9,10,11). The number of hydrogen-bond acceptors (Lipinski definition) is 5. The first-order valence-electron chi connectivity index (χ1n) is 4.38. The minimum atomic E-state index is 0.150. The third-order valence-corrected chi connectivity index (χ3v) is 1.52. The van der Waals surface area contributed by atoms with Crippen LogP contribution in [-0.2, 0) is 4.74 Å². The predicted octanol–water partition coefficient (Wildman–Crippen LogP) is 1.21. The van der Waals surface area contributed by atoms with Crippen LogP contribution in [0.3, 0.4) is 0 Å². The number of anilines is 1. The molecule has 1 unspecified atom stereocenters. The van der Waals surface area contributed by atoms with Crippen LogP contribution in [0.25, 0.3) is 0 Å². The molecule has 1 N–H and O–H groups in total. The van der Waals surface area contributed by atoms with Gasteiger partial charge in [0.25, 0.3) is 0 Å². The molecule has 0 saturated carbocycles. The van der Waals surface area contributed by atoms with Crippen molar-refractivity contribution in [2.24, 2.45) is 0 Å². The Kier molecular flexibility index (Phi) is 3.70. The Morgan fingerprint density at radius 1 is 1.62 bits per heavy atom. The summed E-state index contributed by atoms with van der Waals surface area (Å²) in [5.41, 5.74) is 0. The molecule has 0 aromatic carbocycles. The molecule has 0 aliphatic heterocycles. The molecule has 1 heterocycles. The number of aromatic nitrogens is 2. The lowest BCUT2D eigenvalue weighted by molar-refractivity contribution is 0.0850. The molecule has 5 heteroatoms. The van der Waals surface area contributed by atoms with Crippen molar-refractivity contribution >= 4 is 6.01 Å². The summed E-state index contributed by atoms with van der Waals surface area (Å²) >= 11 is 0. The van der Waals surface area contributed by atoms with Gasteiger partial charge in [-0.15, -0.1) is 0 Å². The fraction of sp³-hybridized carbons (Fsp3) is 0.750. The molecule has 5 nitrogen and oxygen atoms in total. The molecule has 1 rings (SSSR count). The fourth-order valence-electron chi connectivity index (χ4n) is 0.943. The van der Waals surface area contributed by atoms with E-state index < -0.39 is 0 Å². The second-order valence-electron chi connectivity index (χ2n) is 2.79. The van der Waals surface area contributed by atoms with E-state index in [1.54, 1.807) is 6.92 Å². The minimum Gasteiger partial charge on any atom is -0.377 e. The van der Waals surface area contributed by atoms with Gasteiger partial charge < -0.3 is 14.6 Å². The summed E-state index contributed by atoms with van der Waals surface area (Å²) in [4.78, 5) is 4.00. The molecule has 0 aliphatic carbocycles. The molecule has 1 aromatic heterocycles. The van der Waals surface area contributed by atoms with Crippen molar-refractivity contribution in [2.75, 3.05) is 18.5 Å². The van der Waals surface area contributed by atoms with Crippen LogP contribution in [0.15, 0.2) is 4.52 Å². The Balaban J connectivity index is 2.26. The van der Waals surface area contributed by atoms with Crippen molar-refractivity contribution in [2.45, 2.75) is 26.9 Å². The van der Waals surface area contributed by atoms with E-state index in [1.807, 2.05) is 13.8 Å². The van der Waals surface area contributed by atoms with Crippen molar-refractivity contribution in [3.63, 3.8) is 0 Å². The van der Waals surface area contributed by atoms with Gasteiger partial charge in [-0.2, -0.15) is 4.98 Å². The maximum absolute atomic E-state index is 5.32. The van der Waals surface area contributed by atoms with E-state index in [1.165, 1.54) is 0 Å². The van der Waals surface area contributed by atoms with Crippen molar-refractivity contribution < 1.29 is 9.26 Å². The molecule has 1 aromatic rings. The number of aryl methyl sites for hydroxylation is 1. The van der Waals surface area contributed by atoms with Crippen LogP contribution in [0, 0.1) is 6.92 Å². The van der Waals surface area contributed by atoms with Gasteiger partial charge in [-0.1, -0.05) is 5.16 Å². The molecule has 0 radical (unpaired) electrons. The van der Waals surface area contributed by atoms with E-state index in [-0.39, 0.29) is 6.10 Å². The Morgan fingerprint density at radius 3 is 2.92 bits per heavy atom. The number of ether oxygens (including phenoxy) is 1. The lowest BCUT2D eigenvalue weighted by Gasteiger charge is -2.10. The summed E-state index contributed by atoms with van der Waals surface area (Å²) in [6.07, 6.45) is 0.150. The Bertz CT molecular complexity index is 249. The summed E-state index contributed by atoms with van der Waals surface area (Å²) < 4.78 is 10.2. The van der Waals surface area contributed by atoms with E-state index >= 15 is 0 Å². The largest absolute Gasteiger partial charge is 0.377 e. The van der Waals surface area contributed by atoms with Gasteiger partial charge in [0, 0.05) is 13.2 Å². The van der Waals surface area contributed by atoms with Gasteiger partial charge in [-0.25, -0.2) is 0 Å². The zero-order valence-electron chi connectivity index (χ0n) is 8.20. The Labute approximate surface area is 77.5 Å². The third kappa shape index (κ3) is 3.42. The first kappa shape index (κ1) is 9.98. The molecular weight excluding hydrogens is 170 g/mol. The van der Waals surface area contributed by atoms with E-state index in [2.05, 4.69) is 15.5 Å². The second-order valence-corrected chi connectivity index (χ2v) is 2.79. The van der Waals surface area contributed by atoms with Crippen molar-refractivity contribution in [3.8, 4) is 0 Å². The molecule has 0 aliphatic rings. The highest BCUT2D eigenvalue weighted by atomic mass is 16.5. The van der Waals surface area contributed by atoms with Crippen LogP contribution >= 0.6 is 0 Å². The Hall–Kier alpha value is -1.10. The highest BCUT2D eigenvalue weighted by Crippen LogP contribution is 2.02. The van der Waals surface area contributed by atoms with Gasteiger partial charge in [0.15, 0.2) is 5.82 Å². The van der Waals surface area contributed by atoms with Crippen molar-refractivity contribution in [1.82, 2.24) is 10.1 Å². The normalized spacial score (nSPS) is 12.8. The topological polar surface area (TPSA) is 60.2 Å². The average molecular weight is 185 g/mol. The van der Waals surface area contributed by atoms with Crippen LogP contribution in [0.4, 0.5) is 6.01 Å². The predicted molar refractivity (Wildman–Crippen MR) is 48.6 cm³/mol. The molecule has 0 spiro atoms. The smallest absolute Gasteiger partial charge is 0.321 e. The lowest BCUT2D eigenvalue weighted by Crippen LogP contribution is -2.19. The highest BCUT2D eigenvalue weighted by Gasteiger charge is 2.04. The van der Waals surface area contributed by atoms with Gasteiger partial charge >= 0.3 is 6.01 Å². The zero-order valence-corrected chi connectivity index (χ0v) is 8.20. The molecule has 74 valence electrons. The first-order valence-corrected chi connectivity index (χ1v) is 4.38. The molecular formula is C8H15N3O2. The number of nitrogens with one attached hydrogen (secondary N) is 1. The lowest BCUT2D eigenvalue weighted by atomic mass is 10.4. The quantitative estimate of drug-likeness (QED) is 0.747. The minimum absolute atomic E-state index is 0.150. The second kappa shape index (κ2) is 4.81. The number of nitrogens with zero attached hydrogens (tertiary/aromatic N) is 2. The van der Waals surface area contributed by atoms with Gasteiger partial charge in [0.1, 0.15) is 0 Å². The molecule has 0 saturated heterocycles. The van der Waals surface area contributed by atoms with Crippen LogP contribution in [-0.4, -0.2) is 29.4 Å². The molecule has 13 heavy (non-hydrogen) atoms. The summed E-state index contributed by atoms with van der Waals surface area (Å²) in [6.45, 7) is 7.12. The Morgan fingerprint density at radius 2 is 2.38 bits per heavy atom. The molecule has 1 atom stereocenters. The highest BCUT2D eigenvalue weighted by molar-refractivity contribution is 5.17. The molecule has 0 bridgehead atoms. The maximum Gasteiger partial charge on any atom is 0.321 e. The van der Waals surface area contributed by atoms with E-state index in [4.69, 9.17) is 9.26 Å². The third-order valence-electron chi connectivity index (χ3n) is 1.52. The van der Waals surface area contributed by atoms with E-state index in [0.717, 1.165) is 0 Å². The van der Waals surface area contributed by atoms with Crippen molar-refractivity contribution in [3.05, 3.63) is 5.82 Å². The summed E-state index contributed by atoms with van der Waals surface area (Å²) in [6, 6.07) is 0.448. The van der Waals surface area contributed by atoms with Gasteiger partial charge in [-0.3, -0.25) is 0 Å². The van der Waals surface area contributed by atoms with E-state index in [0.29, 0.717) is 25.0 Å². The summed E-state index contributed by atoms with van der Waals surface area (Å²) in [5, 5.41) is 6.64. The zero-order chi connectivity index (χ0) is 9.68. The van der Waals surface area contributed by atoms with Gasteiger partial charge in [-0.05, 0) is 20.8 Å². The van der Waals surface area contributed by atoms with E-state index in [9.17, 15) is 0 Å². The van der Waals surface area contributed by atoms with Crippen LogP contribution in [0.2, 0.25) is 0 Å². The molecule has 0 amide bonds. The summed E-state index contributed by atoms with van der Waals surface area (Å²) in [7, 11) is 0. The van der Waals surface area contributed by atoms with Crippen LogP contribution < -0.4 is 5.32 Å². The van der Waals surface area contributed by atoms with Gasteiger partial charge in [0.2, 0.25) is 0 Å². The SMILES string of the molecule is CCOC(C)CNc1nc(C)no1. The summed E-state index contributed by atoms with van der Waals surface area (Å²) in [5.74, 6) is 0.631. The van der Waals surface area contributed by atoms with Crippen LogP contribution in [0.5, 0.6) is 0 Å². The molecule has 0 fully saturated rings. The first-order chi connectivity index (χ1) is 6.22. The number of rotatable bonds is 5. The average Bonchev–Trinajstić information content (AvgIpc) is 2.49. The monoisotopic (exact) mass is 185 g/mol. The maximum atomic E-state index is 5.32. The fourth-order valence-corrected chi connectivity index (χ4v) is 0.943. The van der Waals surface area contributed by atoms with Crippen molar-refractivity contribution in [1.29, 1.82) is 0 Å². The van der Waals surface area contributed by atoms with Gasteiger partial charge in [0.05, 0.1) is 6.10 Å². The van der Waals surface area contributed by atoms with Crippen LogP contribution in [0.1, 0.15) is 19.7 Å².